The Hall–Kier alpha value is -2.26. The first-order chi connectivity index (χ1) is 16.9. The predicted octanol–water partition coefficient (Wildman–Crippen LogP) is 2.22. The fourth-order valence-corrected chi connectivity index (χ4v) is 6.85. The summed E-state index contributed by atoms with van der Waals surface area (Å²) in [5.74, 6) is 1.25. The Bertz CT molecular complexity index is 1040. The third-order valence-electron chi connectivity index (χ3n) is 7.23. The van der Waals surface area contributed by atoms with Gasteiger partial charge in [0, 0.05) is 43.5 Å². The fraction of sp³-hybridized carbons (Fsp3) is 0.708. The van der Waals surface area contributed by atoms with Gasteiger partial charge in [0.25, 0.3) is 0 Å². The molecule has 1 unspecified atom stereocenters. The van der Waals surface area contributed by atoms with Gasteiger partial charge in [0.2, 0.25) is 16.0 Å². The second-order valence-corrected chi connectivity index (χ2v) is 11.8. The standard InChI is InChI=1S/C24H36N6O4S/c25-16-18-15-19-17-26-24(28-22(19)30(23(18)32)21-7-3-4-8-21)27-20-9-11-29(12-10-20)35(33,34)14-6-2-1-5-13-31/h15,17,20-21,23,31-32H,1-14H2,(H,26,27,28). The number of hydrogen-bond donors (Lipinski definition) is 3. The first kappa shape index (κ1) is 25.8. The van der Waals surface area contributed by atoms with Crippen molar-refractivity contribution < 1.29 is 18.6 Å². The third kappa shape index (κ3) is 6.12. The van der Waals surface area contributed by atoms with E-state index in [0.717, 1.165) is 50.5 Å². The van der Waals surface area contributed by atoms with Gasteiger partial charge in [-0.1, -0.05) is 25.7 Å². The number of nitrogens with one attached hydrogen (secondary N) is 1. The lowest BCUT2D eigenvalue weighted by molar-refractivity contribution is 0.194. The first-order valence-electron chi connectivity index (χ1n) is 12.7. The van der Waals surface area contributed by atoms with Crippen LogP contribution < -0.4 is 10.2 Å². The largest absolute Gasteiger partial charge is 0.396 e. The Morgan fingerprint density at radius 1 is 1.11 bits per heavy atom. The highest BCUT2D eigenvalue weighted by Gasteiger charge is 2.36. The second-order valence-electron chi connectivity index (χ2n) is 9.67. The molecule has 192 valence electrons. The van der Waals surface area contributed by atoms with Gasteiger partial charge in [0.15, 0.2) is 6.23 Å². The van der Waals surface area contributed by atoms with E-state index in [9.17, 15) is 18.8 Å². The van der Waals surface area contributed by atoms with Crippen molar-refractivity contribution in [3.05, 3.63) is 17.3 Å². The predicted molar refractivity (Wildman–Crippen MR) is 134 cm³/mol. The van der Waals surface area contributed by atoms with Gasteiger partial charge in [-0.05, 0) is 44.6 Å². The average molecular weight is 505 g/mol. The molecule has 0 amide bonds. The van der Waals surface area contributed by atoms with Crippen LogP contribution in [0.1, 0.15) is 69.8 Å². The van der Waals surface area contributed by atoms with Crippen LogP contribution in [-0.2, 0) is 10.0 Å². The molecule has 1 saturated heterocycles. The molecule has 35 heavy (non-hydrogen) atoms. The molecular weight excluding hydrogens is 468 g/mol. The van der Waals surface area contributed by atoms with E-state index in [-0.39, 0.29) is 24.4 Å². The Labute approximate surface area is 207 Å². The minimum Gasteiger partial charge on any atom is -0.396 e. The molecule has 1 aromatic heterocycles. The van der Waals surface area contributed by atoms with Crippen LogP contribution in [-0.4, -0.2) is 76.7 Å². The Balaban J connectivity index is 1.37. The van der Waals surface area contributed by atoms with Crippen molar-refractivity contribution in [3.63, 3.8) is 0 Å². The van der Waals surface area contributed by atoms with E-state index in [1.165, 1.54) is 0 Å². The Morgan fingerprint density at radius 2 is 1.83 bits per heavy atom. The number of aliphatic hydroxyl groups excluding tert-OH is 2. The second kappa shape index (κ2) is 11.6. The molecule has 1 saturated carbocycles. The molecule has 3 N–H and O–H groups in total. The zero-order valence-corrected chi connectivity index (χ0v) is 21.0. The van der Waals surface area contributed by atoms with Crippen LogP contribution in [0.15, 0.2) is 11.8 Å². The lowest BCUT2D eigenvalue weighted by Gasteiger charge is -2.38. The highest BCUT2D eigenvalue weighted by Crippen LogP contribution is 2.36. The molecule has 10 nitrogen and oxygen atoms in total. The molecular formula is C24H36N6O4S. The van der Waals surface area contributed by atoms with Crippen molar-refractivity contribution in [1.29, 1.82) is 5.26 Å². The summed E-state index contributed by atoms with van der Waals surface area (Å²) in [6.45, 7) is 1.07. The number of piperidine rings is 1. The smallest absolute Gasteiger partial charge is 0.224 e. The summed E-state index contributed by atoms with van der Waals surface area (Å²) >= 11 is 0. The molecule has 3 heterocycles. The molecule has 4 rings (SSSR count). The van der Waals surface area contributed by atoms with Gasteiger partial charge in [0.05, 0.1) is 17.4 Å². The van der Waals surface area contributed by atoms with Gasteiger partial charge in [0.1, 0.15) is 5.82 Å². The van der Waals surface area contributed by atoms with Gasteiger partial charge in [-0.15, -0.1) is 0 Å². The van der Waals surface area contributed by atoms with Gasteiger partial charge in [-0.2, -0.15) is 10.2 Å². The normalized spacial score (nSPS) is 22.0. The van der Waals surface area contributed by atoms with Crippen LogP contribution in [0.3, 0.4) is 0 Å². The molecule has 2 fully saturated rings. The topological polar surface area (TPSA) is 143 Å². The number of hydrogen-bond acceptors (Lipinski definition) is 9. The number of fused-ring (bicyclic) bond motifs is 1. The monoisotopic (exact) mass is 504 g/mol. The highest BCUT2D eigenvalue weighted by atomic mass is 32.2. The van der Waals surface area contributed by atoms with Crippen LogP contribution in [0.25, 0.3) is 6.08 Å². The zero-order valence-electron chi connectivity index (χ0n) is 20.1. The van der Waals surface area contributed by atoms with Gasteiger partial charge < -0.3 is 20.4 Å². The minimum atomic E-state index is -3.27. The summed E-state index contributed by atoms with van der Waals surface area (Å²) in [6.07, 6.45) is 10.8. The van der Waals surface area contributed by atoms with Crippen molar-refractivity contribution in [2.24, 2.45) is 0 Å². The van der Waals surface area contributed by atoms with Crippen LogP contribution in [0.5, 0.6) is 0 Å². The van der Waals surface area contributed by atoms with Crippen LogP contribution >= 0.6 is 0 Å². The van der Waals surface area contributed by atoms with E-state index in [4.69, 9.17) is 10.1 Å². The van der Waals surface area contributed by atoms with Crippen molar-refractivity contribution >= 4 is 27.9 Å². The van der Waals surface area contributed by atoms with Crippen LogP contribution in [0, 0.1) is 11.3 Å². The van der Waals surface area contributed by atoms with Gasteiger partial charge >= 0.3 is 0 Å². The van der Waals surface area contributed by atoms with Crippen molar-refractivity contribution in [2.75, 3.05) is 35.7 Å². The number of sulfonamides is 1. The summed E-state index contributed by atoms with van der Waals surface area (Å²) in [7, 11) is -3.27. The van der Waals surface area contributed by atoms with E-state index in [2.05, 4.69) is 16.4 Å². The number of aromatic nitrogens is 2. The van der Waals surface area contributed by atoms with Gasteiger partial charge in [-0.25, -0.2) is 17.7 Å². The van der Waals surface area contributed by atoms with Crippen LogP contribution in [0.2, 0.25) is 0 Å². The Kier molecular flexibility index (Phi) is 8.59. The Morgan fingerprint density at radius 3 is 2.51 bits per heavy atom. The lowest BCUT2D eigenvalue weighted by Crippen LogP contribution is -2.46. The molecule has 1 atom stereocenters. The summed E-state index contributed by atoms with van der Waals surface area (Å²) in [5.41, 5.74) is 1.03. The van der Waals surface area contributed by atoms with Gasteiger partial charge in [-0.3, -0.25) is 0 Å². The number of nitriles is 1. The molecule has 11 heteroatoms. The molecule has 0 spiro atoms. The minimum absolute atomic E-state index is 0.0581. The maximum atomic E-state index is 12.7. The summed E-state index contributed by atoms with van der Waals surface area (Å²) in [5, 5.41) is 32.5. The highest BCUT2D eigenvalue weighted by molar-refractivity contribution is 7.89. The van der Waals surface area contributed by atoms with E-state index in [1.54, 1.807) is 16.6 Å². The molecule has 1 aliphatic carbocycles. The van der Waals surface area contributed by atoms with E-state index in [1.807, 2.05) is 4.90 Å². The zero-order chi connectivity index (χ0) is 24.8. The summed E-state index contributed by atoms with van der Waals surface area (Å²) < 4.78 is 26.9. The summed E-state index contributed by atoms with van der Waals surface area (Å²) in [6, 6.07) is 2.30. The quantitative estimate of drug-likeness (QED) is 0.409. The van der Waals surface area contributed by atoms with Crippen molar-refractivity contribution in [1.82, 2.24) is 14.3 Å². The molecule has 0 aromatic carbocycles. The third-order valence-corrected chi connectivity index (χ3v) is 9.19. The lowest BCUT2D eigenvalue weighted by atomic mass is 10.0. The van der Waals surface area contributed by atoms with Crippen molar-refractivity contribution in [2.45, 2.75) is 82.5 Å². The molecule has 1 aromatic rings. The van der Waals surface area contributed by atoms with E-state index < -0.39 is 16.3 Å². The maximum Gasteiger partial charge on any atom is 0.224 e. The van der Waals surface area contributed by atoms with Crippen LogP contribution in [0.4, 0.5) is 11.8 Å². The SMILES string of the molecule is N#CC1=Cc2cnc(NC3CCN(S(=O)(=O)CCCCCCO)CC3)nc2N(C2CCCC2)C1O. The number of rotatable bonds is 10. The number of unbranched alkanes of at least 4 members (excludes halogenated alkanes) is 3. The number of anilines is 2. The number of aliphatic hydroxyl groups is 2. The first-order valence-corrected chi connectivity index (χ1v) is 14.3. The van der Waals surface area contributed by atoms with E-state index >= 15 is 0 Å². The molecule has 3 aliphatic rings. The molecule has 0 bridgehead atoms. The number of nitrogens with zero attached hydrogens (tertiary/aromatic N) is 5. The molecule has 0 radical (unpaired) electrons. The maximum absolute atomic E-state index is 12.7. The fourth-order valence-electron chi connectivity index (χ4n) is 5.25. The van der Waals surface area contributed by atoms with Crippen molar-refractivity contribution in [3.8, 4) is 6.07 Å². The molecule has 2 aliphatic heterocycles. The summed E-state index contributed by atoms with van der Waals surface area (Å²) in [4.78, 5) is 11.0. The average Bonchev–Trinajstić information content (AvgIpc) is 3.38. The van der Waals surface area contributed by atoms with E-state index in [0.29, 0.717) is 49.7 Å².